The van der Waals surface area contributed by atoms with E-state index in [4.69, 9.17) is 19.3 Å². The monoisotopic (exact) mass is 484 g/mol. The van der Waals surface area contributed by atoms with Crippen molar-refractivity contribution < 1.29 is 14.2 Å². The standard InChI is InChI=1S/C27H28N6O3/c1-16-23(27-33(32-16)14-19(15-36-27)30-18-7-10-35-11-8-18)25-24(21-4-3-9-29-26(21)31-25)22-12-20(34-2)6-5-17(22)13-28/h3-6,9,12,18-19,30H,7-8,10-11,14-15H2,1-2H3,(H,29,31). The quantitative estimate of drug-likeness (QED) is 0.443. The van der Waals surface area contributed by atoms with Crippen molar-refractivity contribution in [3.05, 3.63) is 47.8 Å². The van der Waals surface area contributed by atoms with Gasteiger partial charge in [0.05, 0.1) is 48.3 Å². The molecule has 0 bridgehead atoms. The molecule has 1 unspecified atom stereocenters. The number of hydrogen-bond acceptors (Lipinski definition) is 7. The summed E-state index contributed by atoms with van der Waals surface area (Å²) >= 11 is 0. The topological polar surface area (TPSA) is 110 Å². The minimum absolute atomic E-state index is 0.181. The van der Waals surface area contributed by atoms with Gasteiger partial charge in [0.2, 0.25) is 5.88 Å². The molecule has 1 fully saturated rings. The molecule has 1 atom stereocenters. The molecule has 9 heteroatoms. The number of fused-ring (bicyclic) bond motifs is 2. The second kappa shape index (κ2) is 9.30. The van der Waals surface area contributed by atoms with E-state index in [0.29, 0.717) is 24.0 Å². The summed E-state index contributed by atoms with van der Waals surface area (Å²) in [6.07, 6.45) is 3.78. The molecule has 0 amide bonds. The van der Waals surface area contributed by atoms with Crippen molar-refractivity contribution in [2.75, 3.05) is 26.9 Å². The summed E-state index contributed by atoms with van der Waals surface area (Å²) in [7, 11) is 1.62. The van der Waals surface area contributed by atoms with E-state index < -0.39 is 0 Å². The minimum Gasteiger partial charge on any atom is -0.497 e. The number of pyridine rings is 1. The van der Waals surface area contributed by atoms with Crippen LogP contribution < -0.4 is 14.8 Å². The van der Waals surface area contributed by atoms with Gasteiger partial charge in [0.25, 0.3) is 0 Å². The van der Waals surface area contributed by atoms with Crippen molar-refractivity contribution >= 4 is 11.0 Å². The highest BCUT2D eigenvalue weighted by Crippen LogP contribution is 2.45. The second-order valence-electron chi connectivity index (χ2n) is 9.31. The number of nitrogens with zero attached hydrogens (tertiary/aromatic N) is 4. The number of aromatic amines is 1. The van der Waals surface area contributed by atoms with Crippen LogP contribution in [0.3, 0.4) is 0 Å². The smallest absolute Gasteiger partial charge is 0.221 e. The lowest BCUT2D eigenvalue weighted by molar-refractivity contribution is 0.0677. The minimum atomic E-state index is 0.181. The Balaban J connectivity index is 1.45. The van der Waals surface area contributed by atoms with E-state index in [2.05, 4.69) is 21.4 Å². The Hall–Kier alpha value is -3.87. The summed E-state index contributed by atoms with van der Waals surface area (Å²) in [6.45, 7) is 4.88. The fourth-order valence-corrected chi connectivity index (χ4v) is 5.30. The molecule has 36 heavy (non-hydrogen) atoms. The van der Waals surface area contributed by atoms with Crippen LogP contribution in [0.25, 0.3) is 33.4 Å². The van der Waals surface area contributed by atoms with Gasteiger partial charge in [-0.15, -0.1) is 0 Å². The number of nitrogens with one attached hydrogen (secondary N) is 2. The summed E-state index contributed by atoms with van der Waals surface area (Å²) in [5, 5.41) is 19.4. The lowest BCUT2D eigenvalue weighted by atomic mass is 9.95. The van der Waals surface area contributed by atoms with Crippen molar-refractivity contribution in [3.63, 3.8) is 0 Å². The van der Waals surface area contributed by atoms with Gasteiger partial charge in [-0.1, -0.05) is 0 Å². The fourth-order valence-electron chi connectivity index (χ4n) is 5.30. The molecular formula is C27H28N6O3. The van der Waals surface area contributed by atoms with Crippen molar-refractivity contribution in [2.45, 2.75) is 38.4 Å². The SMILES string of the molecule is COc1ccc(C#N)c(-c2c(-c3c(C)nn4c3OCC(NC3CCOCC3)C4)[nH]c3ncccc23)c1. The molecule has 0 spiro atoms. The largest absolute Gasteiger partial charge is 0.497 e. The van der Waals surface area contributed by atoms with Gasteiger partial charge in [-0.05, 0) is 50.1 Å². The van der Waals surface area contributed by atoms with Gasteiger partial charge in [-0.25, -0.2) is 9.67 Å². The van der Waals surface area contributed by atoms with Crippen LogP contribution in [-0.4, -0.2) is 58.8 Å². The van der Waals surface area contributed by atoms with Gasteiger partial charge in [0.1, 0.15) is 18.0 Å². The Labute approximate surface area is 209 Å². The van der Waals surface area contributed by atoms with E-state index in [1.165, 1.54) is 0 Å². The highest BCUT2D eigenvalue weighted by molar-refractivity contribution is 6.04. The molecule has 184 valence electrons. The van der Waals surface area contributed by atoms with E-state index in [-0.39, 0.29) is 6.04 Å². The zero-order valence-electron chi connectivity index (χ0n) is 20.4. The van der Waals surface area contributed by atoms with Crippen LogP contribution in [0, 0.1) is 18.3 Å². The molecule has 2 aliphatic rings. The first-order valence-corrected chi connectivity index (χ1v) is 12.3. The van der Waals surface area contributed by atoms with Crippen LogP contribution in [0.15, 0.2) is 36.5 Å². The number of aromatic nitrogens is 4. The third-order valence-electron chi connectivity index (χ3n) is 7.03. The summed E-state index contributed by atoms with van der Waals surface area (Å²) in [4.78, 5) is 8.05. The van der Waals surface area contributed by atoms with Crippen LogP contribution in [0.2, 0.25) is 0 Å². The molecule has 5 heterocycles. The predicted octanol–water partition coefficient (Wildman–Crippen LogP) is 3.81. The lowest BCUT2D eigenvalue weighted by Crippen LogP contribution is -2.48. The molecule has 3 aromatic heterocycles. The van der Waals surface area contributed by atoms with Crippen LogP contribution >= 0.6 is 0 Å². The lowest BCUT2D eigenvalue weighted by Gasteiger charge is -2.31. The fraction of sp³-hybridized carbons (Fsp3) is 0.370. The first-order valence-electron chi connectivity index (χ1n) is 12.3. The van der Waals surface area contributed by atoms with Gasteiger partial charge in [-0.2, -0.15) is 10.4 Å². The number of aryl methyl sites for hydroxylation is 1. The highest BCUT2D eigenvalue weighted by Gasteiger charge is 2.31. The van der Waals surface area contributed by atoms with Crippen LogP contribution in [0.1, 0.15) is 24.1 Å². The first-order chi connectivity index (χ1) is 17.7. The van der Waals surface area contributed by atoms with Gasteiger partial charge < -0.3 is 24.5 Å². The zero-order valence-corrected chi connectivity index (χ0v) is 20.4. The van der Waals surface area contributed by atoms with Crippen LogP contribution in [0.4, 0.5) is 0 Å². The Morgan fingerprint density at radius 2 is 2.06 bits per heavy atom. The molecule has 0 radical (unpaired) electrons. The van der Waals surface area contributed by atoms with E-state index in [9.17, 15) is 5.26 Å². The van der Waals surface area contributed by atoms with Crippen molar-refractivity contribution in [2.24, 2.45) is 0 Å². The number of hydrogen-bond donors (Lipinski definition) is 2. The van der Waals surface area contributed by atoms with Crippen LogP contribution in [-0.2, 0) is 11.3 Å². The van der Waals surface area contributed by atoms with Gasteiger partial charge in [0.15, 0.2) is 0 Å². The second-order valence-corrected chi connectivity index (χ2v) is 9.31. The summed E-state index contributed by atoms with van der Waals surface area (Å²) in [5.74, 6) is 1.41. The maximum atomic E-state index is 9.91. The van der Waals surface area contributed by atoms with Crippen molar-refractivity contribution in [3.8, 4) is 40.1 Å². The van der Waals surface area contributed by atoms with E-state index in [0.717, 1.165) is 77.6 Å². The Bertz CT molecular complexity index is 1460. The number of rotatable bonds is 5. The average molecular weight is 485 g/mol. The molecule has 6 rings (SSSR count). The maximum Gasteiger partial charge on any atom is 0.221 e. The molecule has 0 saturated carbocycles. The number of H-pyrrole nitrogens is 1. The number of benzene rings is 1. The third-order valence-corrected chi connectivity index (χ3v) is 7.03. The van der Waals surface area contributed by atoms with Gasteiger partial charge in [-0.3, -0.25) is 0 Å². The number of methoxy groups -OCH3 is 1. The van der Waals surface area contributed by atoms with Gasteiger partial charge >= 0.3 is 0 Å². The average Bonchev–Trinajstić information content (AvgIpc) is 3.44. The van der Waals surface area contributed by atoms with E-state index in [1.54, 1.807) is 25.4 Å². The Kier molecular flexibility index (Phi) is 5.83. The maximum absolute atomic E-state index is 9.91. The molecule has 1 saturated heterocycles. The van der Waals surface area contributed by atoms with Crippen LogP contribution in [0.5, 0.6) is 11.6 Å². The summed E-state index contributed by atoms with van der Waals surface area (Å²) < 4.78 is 19.3. The zero-order chi connectivity index (χ0) is 24.6. The molecular weight excluding hydrogens is 456 g/mol. The Morgan fingerprint density at radius 1 is 1.19 bits per heavy atom. The summed E-state index contributed by atoms with van der Waals surface area (Å²) in [6, 6.07) is 12.4. The van der Waals surface area contributed by atoms with Crippen molar-refractivity contribution in [1.29, 1.82) is 5.26 Å². The summed E-state index contributed by atoms with van der Waals surface area (Å²) in [5.41, 5.74) is 5.54. The molecule has 9 nitrogen and oxygen atoms in total. The normalized spacial score (nSPS) is 18.0. The van der Waals surface area contributed by atoms with Gasteiger partial charge in [0, 0.05) is 42.0 Å². The van der Waals surface area contributed by atoms with E-state index >= 15 is 0 Å². The number of nitriles is 1. The highest BCUT2D eigenvalue weighted by atomic mass is 16.5. The molecule has 4 aromatic rings. The molecule has 2 aliphatic heterocycles. The molecule has 0 aliphatic carbocycles. The predicted molar refractivity (Wildman–Crippen MR) is 135 cm³/mol. The van der Waals surface area contributed by atoms with Crippen molar-refractivity contribution in [1.82, 2.24) is 25.1 Å². The van der Waals surface area contributed by atoms with E-state index in [1.807, 2.05) is 29.8 Å². The number of ether oxygens (including phenoxy) is 3. The third kappa shape index (κ3) is 3.88. The molecule has 1 aromatic carbocycles. The Morgan fingerprint density at radius 3 is 2.86 bits per heavy atom. The first kappa shape index (κ1) is 22.6. The molecule has 2 N–H and O–H groups in total.